The van der Waals surface area contributed by atoms with Gasteiger partial charge in [-0.3, -0.25) is 9.59 Å². The summed E-state index contributed by atoms with van der Waals surface area (Å²) in [6, 6.07) is 7.24. The lowest BCUT2D eigenvalue weighted by Gasteiger charge is -2.34. The molecule has 1 fully saturated rings. The Balaban J connectivity index is 1.64. The van der Waals surface area contributed by atoms with Crippen LogP contribution in [-0.2, 0) is 12.8 Å². The first-order chi connectivity index (χ1) is 14.5. The number of piperazine rings is 1. The number of hydrogen-bond donors (Lipinski definition) is 0. The second-order valence-electron chi connectivity index (χ2n) is 7.32. The predicted octanol–water partition coefficient (Wildman–Crippen LogP) is 3.88. The number of amides is 2. The summed E-state index contributed by atoms with van der Waals surface area (Å²) in [6.45, 7) is 6.42. The van der Waals surface area contributed by atoms with Gasteiger partial charge in [0.25, 0.3) is 11.8 Å². The van der Waals surface area contributed by atoms with Gasteiger partial charge in [-0.25, -0.2) is 0 Å². The Morgan fingerprint density at radius 1 is 0.933 bits per heavy atom. The van der Waals surface area contributed by atoms with Crippen LogP contribution in [0.4, 0.5) is 0 Å². The quantitative estimate of drug-likeness (QED) is 0.669. The number of carbonyl (C=O) groups is 2. The predicted molar refractivity (Wildman–Crippen MR) is 119 cm³/mol. The molecule has 6 nitrogen and oxygen atoms in total. The van der Waals surface area contributed by atoms with Crippen molar-refractivity contribution in [1.29, 1.82) is 0 Å². The van der Waals surface area contributed by atoms with Gasteiger partial charge in [0.15, 0.2) is 11.5 Å². The molecule has 1 aromatic carbocycles. The van der Waals surface area contributed by atoms with Crippen molar-refractivity contribution in [1.82, 2.24) is 9.80 Å². The van der Waals surface area contributed by atoms with Crippen molar-refractivity contribution in [2.45, 2.75) is 33.1 Å². The van der Waals surface area contributed by atoms with Crippen LogP contribution >= 0.6 is 11.3 Å². The SMILES string of the molecule is CCCc1sc(C(=O)N2CCN(C(=O)c3ccc(OC)c(OC)c3)CC2)cc1CC. The third-order valence-electron chi connectivity index (χ3n) is 5.45. The Morgan fingerprint density at radius 2 is 1.57 bits per heavy atom. The third kappa shape index (κ3) is 4.61. The largest absolute Gasteiger partial charge is 0.493 e. The normalized spacial score (nSPS) is 14.0. The molecular weight excluding hydrogens is 400 g/mol. The van der Waals surface area contributed by atoms with Gasteiger partial charge in [0, 0.05) is 36.6 Å². The fourth-order valence-corrected chi connectivity index (χ4v) is 5.05. The Kier molecular flexibility index (Phi) is 7.37. The topological polar surface area (TPSA) is 59.1 Å². The van der Waals surface area contributed by atoms with E-state index in [1.165, 1.54) is 10.4 Å². The number of aryl methyl sites for hydroxylation is 2. The molecule has 3 rings (SSSR count). The Labute approximate surface area is 182 Å². The minimum atomic E-state index is -0.0577. The molecule has 162 valence electrons. The number of methoxy groups -OCH3 is 2. The van der Waals surface area contributed by atoms with Gasteiger partial charge in [0.2, 0.25) is 0 Å². The molecule has 0 saturated carbocycles. The van der Waals surface area contributed by atoms with Gasteiger partial charge in [0.05, 0.1) is 19.1 Å². The van der Waals surface area contributed by atoms with Crippen molar-refractivity contribution in [3.8, 4) is 11.5 Å². The van der Waals surface area contributed by atoms with Crippen molar-refractivity contribution >= 4 is 23.2 Å². The molecule has 0 N–H and O–H groups in total. The van der Waals surface area contributed by atoms with Crippen LogP contribution in [-0.4, -0.2) is 62.0 Å². The maximum atomic E-state index is 13.0. The average molecular weight is 431 g/mol. The molecule has 0 unspecified atom stereocenters. The molecule has 30 heavy (non-hydrogen) atoms. The Hall–Kier alpha value is -2.54. The van der Waals surface area contributed by atoms with Crippen LogP contribution in [0.1, 0.15) is 50.7 Å². The van der Waals surface area contributed by atoms with E-state index < -0.39 is 0 Å². The third-order valence-corrected chi connectivity index (χ3v) is 6.68. The van der Waals surface area contributed by atoms with E-state index in [0.717, 1.165) is 24.1 Å². The lowest BCUT2D eigenvalue weighted by molar-refractivity contribution is 0.0538. The molecule has 2 heterocycles. The van der Waals surface area contributed by atoms with Crippen LogP contribution in [0.15, 0.2) is 24.3 Å². The van der Waals surface area contributed by atoms with E-state index in [4.69, 9.17) is 9.47 Å². The highest BCUT2D eigenvalue weighted by molar-refractivity contribution is 7.14. The molecular formula is C23H30N2O4S. The van der Waals surface area contributed by atoms with Crippen LogP contribution in [0.25, 0.3) is 0 Å². The van der Waals surface area contributed by atoms with Crippen LogP contribution in [0, 0.1) is 0 Å². The molecule has 0 atom stereocenters. The molecule has 1 aliphatic heterocycles. The van der Waals surface area contributed by atoms with Gasteiger partial charge in [-0.2, -0.15) is 0 Å². The number of rotatable bonds is 7. The number of carbonyl (C=O) groups excluding carboxylic acids is 2. The van der Waals surface area contributed by atoms with E-state index in [0.29, 0.717) is 43.2 Å². The van der Waals surface area contributed by atoms with Crippen LogP contribution in [0.5, 0.6) is 11.5 Å². The zero-order valence-electron chi connectivity index (χ0n) is 18.2. The summed E-state index contributed by atoms with van der Waals surface area (Å²) in [5, 5.41) is 0. The second kappa shape index (κ2) is 9.98. The van der Waals surface area contributed by atoms with E-state index in [9.17, 15) is 9.59 Å². The first-order valence-electron chi connectivity index (χ1n) is 10.4. The van der Waals surface area contributed by atoms with Crippen molar-refractivity contribution in [2.75, 3.05) is 40.4 Å². The average Bonchev–Trinajstić information content (AvgIpc) is 3.20. The first kappa shape index (κ1) is 22.2. The van der Waals surface area contributed by atoms with Gasteiger partial charge >= 0.3 is 0 Å². The van der Waals surface area contributed by atoms with E-state index in [2.05, 4.69) is 19.9 Å². The number of hydrogen-bond acceptors (Lipinski definition) is 5. The van der Waals surface area contributed by atoms with Crippen molar-refractivity contribution in [3.63, 3.8) is 0 Å². The minimum Gasteiger partial charge on any atom is -0.493 e. The van der Waals surface area contributed by atoms with Gasteiger partial charge in [-0.05, 0) is 42.7 Å². The lowest BCUT2D eigenvalue weighted by atomic mass is 10.1. The molecule has 1 aliphatic rings. The smallest absolute Gasteiger partial charge is 0.264 e. The summed E-state index contributed by atoms with van der Waals surface area (Å²) < 4.78 is 10.5. The van der Waals surface area contributed by atoms with Crippen LogP contribution < -0.4 is 9.47 Å². The van der Waals surface area contributed by atoms with Crippen LogP contribution in [0.2, 0.25) is 0 Å². The molecule has 2 amide bonds. The molecule has 1 saturated heterocycles. The Morgan fingerprint density at radius 3 is 2.13 bits per heavy atom. The highest BCUT2D eigenvalue weighted by Crippen LogP contribution is 2.29. The molecule has 7 heteroatoms. The minimum absolute atomic E-state index is 0.0577. The van der Waals surface area contributed by atoms with E-state index >= 15 is 0 Å². The Bertz CT molecular complexity index is 901. The van der Waals surface area contributed by atoms with E-state index in [1.54, 1.807) is 48.7 Å². The highest BCUT2D eigenvalue weighted by atomic mass is 32.1. The van der Waals surface area contributed by atoms with Crippen molar-refractivity contribution in [3.05, 3.63) is 45.1 Å². The zero-order chi connectivity index (χ0) is 21.7. The molecule has 0 spiro atoms. The zero-order valence-corrected chi connectivity index (χ0v) is 19.0. The van der Waals surface area contributed by atoms with Gasteiger partial charge in [-0.15, -0.1) is 11.3 Å². The van der Waals surface area contributed by atoms with E-state index in [1.807, 2.05) is 4.90 Å². The fraction of sp³-hybridized carbons (Fsp3) is 0.478. The summed E-state index contributed by atoms with van der Waals surface area (Å²) in [4.78, 5) is 31.7. The summed E-state index contributed by atoms with van der Waals surface area (Å²) in [6.07, 6.45) is 3.06. The number of ether oxygens (including phenoxy) is 2. The summed E-state index contributed by atoms with van der Waals surface area (Å²) in [5.74, 6) is 1.15. The van der Waals surface area contributed by atoms with Crippen molar-refractivity contribution in [2.24, 2.45) is 0 Å². The van der Waals surface area contributed by atoms with Gasteiger partial charge < -0.3 is 19.3 Å². The number of thiophene rings is 1. The molecule has 0 aliphatic carbocycles. The van der Waals surface area contributed by atoms with E-state index in [-0.39, 0.29) is 11.8 Å². The fourth-order valence-electron chi connectivity index (χ4n) is 3.73. The maximum absolute atomic E-state index is 13.0. The molecule has 2 aromatic rings. The van der Waals surface area contributed by atoms with Gasteiger partial charge in [-0.1, -0.05) is 20.3 Å². The van der Waals surface area contributed by atoms with Crippen molar-refractivity contribution < 1.29 is 19.1 Å². The summed E-state index contributed by atoms with van der Waals surface area (Å²) in [7, 11) is 3.12. The van der Waals surface area contributed by atoms with Gasteiger partial charge in [0.1, 0.15) is 0 Å². The second-order valence-corrected chi connectivity index (χ2v) is 8.45. The first-order valence-corrected chi connectivity index (χ1v) is 11.3. The lowest BCUT2D eigenvalue weighted by Crippen LogP contribution is -2.50. The molecule has 0 bridgehead atoms. The summed E-state index contributed by atoms with van der Waals surface area (Å²) in [5.41, 5.74) is 1.84. The van der Waals surface area contributed by atoms with Crippen LogP contribution in [0.3, 0.4) is 0 Å². The number of nitrogens with zero attached hydrogens (tertiary/aromatic N) is 2. The molecule has 0 radical (unpaired) electrons. The monoisotopic (exact) mass is 430 g/mol. The standard InChI is InChI=1S/C23H30N2O4S/c1-5-7-20-16(6-2)15-21(30-20)23(27)25-12-10-24(11-13-25)22(26)17-8-9-18(28-3)19(14-17)29-4/h8-9,14-15H,5-7,10-13H2,1-4H3. The maximum Gasteiger partial charge on any atom is 0.264 e. The summed E-state index contributed by atoms with van der Waals surface area (Å²) >= 11 is 1.62. The highest BCUT2D eigenvalue weighted by Gasteiger charge is 2.27. The molecule has 1 aromatic heterocycles. The number of benzene rings is 1.